The van der Waals surface area contributed by atoms with Gasteiger partial charge in [0, 0.05) is 27.9 Å². The number of thiophene rings is 1. The van der Waals surface area contributed by atoms with Crippen molar-refractivity contribution in [1.29, 1.82) is 0 Å². The lowest BCUT2D eigenvalue weighted by molar-refractivity contribution is 0.0620. The first-order valence-electron chi connectivity index (χ1n) is 8.55. The zero-order valence-corrected chi connectivity index (χ0v) is 15.5. The molecule has 5 heteroatoms. The van der Waals surface area contributed by atoms with Crippen molar-refractivity contribution < 1.29 is 4.79 Å². The van der Waals surface area contributed by atoms with Gasteiger partial charge in [0.1, 0.15) is 0 Å². The average Bonchev–Trinajstić information content (AvgIpc) is 3.01. The molecule has 3 nitrogen and oxygen atoms in total. The van der Waals surface area contributed by atoms with Gasteiger partial charge in [-0.25, -0.2) is 0 Å². The number of benzene rings is 1. The summed E-state index contributed by atoms with van der Waals surface area (Å²) in [6.07, 6.45) is 2.45. The van der Waals surface area contributed by atoms with Crippen molar-refractivity contribution in [3.8, 4) is 0 Å². The van der Waals surface area contributed by atoms with Gasteiger partial charge in [-0.1, -0.05) is 11.8 Å². The summed E-state index contributed by atoms with van der Waals surface area (Å²) >= 11 is 3.56. The van der Waals surface area contributed by atoms with Gasteiger partial charge in [-0.05, 0) is 75.2 Å². The highest BCUT2D eigenvalue weighted by Gasteiger charge is 2.34. The van der Waals surface area contributed by atoms with E-state index in [1.165, 1.54) is 39.9 Å². The van der Waals surface area contributed by atoms with Crippen LogP contribution in [0.15, 0.2) is 45.5 Å². The van der Waals surface area contributed by atoms with Crippen molar-refractivity contribution in [2.24, 2.45) is 5.92 Å². The minimum Gasteiger partial charge on any atom is -0.348 e. The summed E-state index contributed by atoms with van der Waals surface area (Å²) in [4.78, 5) is 17.5. The van der Waals surface area contributed by atoms with Crippen LogP contribution in [-0.4, -0.2) is 36.5 Å². The third kappa shape index (κ3) is 3.53. The topological polar surface area (TPSA) is 32.3 Å². The van der Waals surface area contributed by atoms with Gasteiger partial charge in [-0.2, -0.15) is 0 Å². The summed E-state index contributed by atoms with van der Waals surface area (Å²) in [5.41, 5.74) is 0.762. The number of amides is 1. The molecule has 24 heavy (non-hydrogen) atoms. The average molecular weight is 359 g/mol. The molecule has 1 amide bonds. The third-order valence-electron chi connectivity index (χ3n) is 5.02. The molecule has 3 fully saturated rings. The second-order valence-electron chi connectivity index (χ2n) is 6.71. The van der Waals surface area contributed by atoms with Crippen LogP contribution in [0.2, 0.25) is 0 Å². The molecule has 2 bridgehead atoms. The summed E-state index contributed by atoms with van der Waals surface area (Å²) in [5.74, 6) is 0.730. The maximum Gasteiger partial charge on any atom is 0.251 e. The third-order valence-corrected chi connectivity index (χ3v) is 7.16. The minimum atomic E-state index is 0.0669. The molecule has 3 saturated heterocycles. The van der Waals surface area contributed by atoms with Crippen molar-refractivity contribution in [2.45, 2.75) is 34.9 Å². The lowest BCUT2D eigenvalue weighted by Gasteiger charge is -2.44. The van der Waals surface area contributed by atoms with E-state index in [4.69, 9.17) is 0 Å². The minimum absolute atomic E-state index is 0.0669. The summed E-state index contributed by atoms with van der Waals surface area (Å²) in [6.45, 7) is 5.54. The largest absolute Gasteiger partial charge is 0.348 e. The monoisotopic (exact) mass is 358 g/mol. The summed E-state index contributed by atoms with van der Waals surface area (Å²) in [7, 11) is 0. The van der Waals surface area contributed by atoms with Crippen LogP contribution in [0.25, 0.3) is 0 Å². The number of carbonyl (C=O) groups excluding carboxylic acids is 1. The fourth-order valence-electron chi connectivity index (χ4n) is 3.64. The Kier molecular flexibility index (Phi) is 4.66. The molecule has 1 aromatic heterocycles. The Labute approximate surface area is 151 Å². The smallest absolute Gasteiger partial charge is 0.251 e. The molecule has 1 N–H and O–H groups in total. The van der Waals surface area contributed by atoms with Gasteiger partial charge in [0.15, 0.2) is 0 Å². The zero-order chi connectivity index (χ0) is 16.5. The van der Waals surface area contributed by atoms with Gasteiger partial charge < -0.3 is 10.2 Å². The second-order valence-corrected chi connectivity index (χ2v) is 9.37. The van der Waals surface area contributed by atoms with Crippen LogP contribution < -0.4 is 5.32 Å². The molecule has 0 spiro atoms. The molecule has 5 rings (SSSR count). The Morgan fingerprint density at radius 2 is 1.92 bits per heavy atom. The number of fused-ring (bicyclic) bond motifs is 3. The lowest BCUT2D eigenvalue weighted by atomic mass is 9.84. The van der Waals surface area contributed by atoms with Gasteiger partial charge in [-0.3, -0.25) is 4.79 Å². The second kappa shape index (κ2) is 6.90. The first kappa shape index (κ1) is 16.2. The van der Waals surface area contributed by atoms with Crippen LogP contribution in [0.1, 0.15) is 28.1 Å². The molecule has 2 aromatic rings. The van der Waals surface area contributed by atoms with Crippen LogP contribution in [-0.2, 0) is 0 Å². The maximum atomic E-state index is 12.5. The Morgan fingerprint density at radius 1 is 1.17 bits per heavy atom. The fourth-order valence-corrected chi connectivity index (χ4v) is 5.72. The Morgan fingerprint density at radius 3 is 2.50 bits per heavy atom. The summed E-state index contributed by atoms with van der Waals surface area (Å²) < 4.78 is 1.29. The van der Waals surface area contributed by atoms with E-state index in [0.29, 0.717) is 12.0 Å². The van der Waals surface area contributed by atoms with Crippen LogP contribution in [0.4, 0.5) is 0 Å². The Balaban J connectivity index is 1.38. The molecule has 0 aliphatic carbocycles. The molecule has 0 unspecified atom stereocenters. The molecule has 3 aliphatic heterocycles. The number of hydrogen-bond donors (Lipinski definition) is 1. The molecule has 126 valence electrons. The van der Waals surface area contributed by atoms with Gasteiger partial charge in [-0.15, -0.1) is 11.3 Å². The first-order valence-corrected chi connectivity index (χ1v) is 10.2. The number of nitrogens with one attached hydrogen (secondary N) is 1. The Bertz CT molecular complexity index is 717. The van der Waals surface area contributed by atoms with E-state index in [1.54, 1.807) is 23.1 Å². The molecule has 3 aliphatic rings. The van der Waals surface area contributed by atoms with Gasteiger partial charge in [0.2, 0.25) is 0 Å². The van der Waals surface area contributed by atoms with E-state index < -0.39 is 0 Å². The number of nitrogens with zero attached hydrogens (tertiary/aromatic N) is 1. The Hall–Kier alpha value is -1.30. The first-order chi connectivity index (χ1) is 11.7. The molecule has 0 radical (unpaired) electrons. The number of rotatable bonds is 4. The highest BCUT2D eigenvalue weighted by atomic mass is 32.2. The standard InChI is InChI=1S/C19H22N2OS2/c1-13-2-7-18(23-13)24-16-5-3-15(4-6-16)19(22)20-17-12-21-10-8-14(17)9-11-21/h2-7,14,17H,8-12H2,1H3,(H,20,22)/t17-/m0/s1. The van der Waals surface area contributed by atoms with Crippen molar-refractivity contribution >= 4 is 29.0 Å². The predicted molar refractivity (Wildman–Crippen MR) is 100 cm³/mol. The molecule has 1 aromatic carbocycles. The summed E-state index contributed by atoms with van der Waals surface area (Å²) in [6, 6.07) is 12.6. The SMILES string of the molecule is Cc1ccc(Sc2ccc(C(=O)N[C@H]3CN4CCC3CC4)cc2)s1. The van der Waals surface area contributed by atoms with Gasteiger partial charge >= 0.3 is 0 Å². The predicted octanol–water partition coefficient (Wildman–Crippen LogP) is 4.03. The van der Waals surface area contributed by atoms with Crippen LogP contribution in [0, 0.1) is 12.8 Å². The van der Waals surface area contributed by atoms with Crippen LogP contribution in [0.3, 0.4) is 0 Å². The normalized spacial score (nSPS) is 25.6. The van der Waals surface area contributed by atoms with E-state index >= 15 is 0 Å². The number of hydrogen-bond acceptors (Lipinski definition) is 4. The molecule has 0 saturated carbocycles. The molecular weight excluding hydrogens is 336 g/mol. The highest BCUT2D eigenvalue weighted by molar-refractivity contribution is 8.01. The lowest BCUT2D eigenvalue weighted by Crippen LogP contribution is -2.57. The maximum absolute atomic E-state index is 12.5. The summed E-state index contributed by atoms with van der Waals surface area (Å²) in [5, 5.41) is 3.25. The van der Waals surface area contributed by atoms with Crippen LogP contribution in [0.5, 0.6) is 0 Å². The molecule has 1 atom stereocenters. The zero-order valence-electron chi connectivity index (χ0n) is 13.8. The van der Waals surface area contributed by atoms with Crippen molar-refractivity contribution in [3.05, 3.63) is 46.8 Å². The van der Waals surface area contributed by atoms with Gasteiger partial charge in [0.25, 0.3) is 5.91 Å². The van der Waals surface area contributed by atoms with E-state index in [-0.39, 0.29) is 5.91 Å². The van der Waals surface area contributed by atoms with Gasteiger partial charge in [0.05, 0.1) is 4.21 Å². The highest BCUT2D eigenvalue weighted by Crippen LogP contribution is 2.33. The fraction of sp³-hybridized carbons (Fsp3) is 0.421. The van der Waals surface area contributed by atoms with Crippen molar-refractivity contribution in [1.82, 2.24) is 10.2 Å². The van der Waals surface area contributed by atoms with Crippen molar-refractivity contribution in [2.75, 3.05) is 19.6 Å². The van der Waals surface area contributed by atoms with E-state index in [1.807, 2.05) is 24.3 Å². The molecular formula is C19H22N2OS2. The quantitative estimate of drug-likeness (QED) is 0.895. The number of carbonyl (C=O) groups is 1. The van der Waals surface area contributed by atoms with E-state index in [0.717, 1.165) is 12.1 Å². The number of piperidine rings is 3. The molecule has 4 heterocycles. The van der Waals surface area contributed by atoms with E-state index in [9.17, 15) is 4.79 Å². The van der Waals surface area contributed by atoms with Crippen molar-refractivity contribution in [3.63, 3.8) is 0 Å². The number of aryl methyl sites for hydroxylation is 1. The van der Waals surface area contributed by atoms with Crippen LogP contribution >= 0.6 is 23.1 Å². The van der Waals surface area contributed by atoms with E-state index in [2.05, 4.69) is 29.3 Å².